The van der Waals surface area contributed by atoms with Gasteiger partial charge in [0.1, 0.15) is 6.33 Å². The van der Waals surface area contributed by atoms with E-state index in [0.717, 1.165) is 46.4 Å². The van der Waals surface area contributed by atoms with Crippen molar-refractivity contribution in [1.82, 2.24) is 30.3 Å². The average molecular weight is 386 g/mol. The van der Waals surface area contributed by atoms with Gasteiger partial charge in [-0.15, -0.1) is 10.2 Å². The molecule has 2 heterocycles. The van der Waals surface area contributed by atoms with Crippen LogP contribution in [-0.4, -0.2) is 36.9 Å². The molecular formula is C22H22N6O. The summed E-state index contributed by atoms with van der Waals surface area (Å²) in [5, 5.41) is 20.0. The molecule has 0 saturated heterocycles. The van der Waals surface area contributed by atoms with E-state index in [-0.39, 0.29) is 11.9 Å². The van der Waals surface area contributed by atoms with E-state index in [0.29, 0.717) is 11.6 Å². The normalized spacial score (nSPS) is 13.9. The summed E-state index contributed by atoms with van der Waals surface area (Å²) in [5.74, 6) is 0.798. The average Bonchev–Trinajstić information content (AvgIpc) is 3.24. The predicted molar refractivity (Wildman–Crippen MR) is 111 cm³/mol. The topological polar surface area (TPSA) is 88.5 Å². The van der Waals surface area contributed by atoms with Gasteiger partial charge in [-0.3, -0.25) is 9.89 Å². The fourth-order valence-corrected chi connectivity index (χ4v) is 3.50. The molecule has 5 rings (SSSR count). The Morgan fingerprint density at radius 2 is 2.03 bits per heavy atom. The SMILES string of the molecule is CC(C)n1cnnc1-c1ccc2[nH]nc(-c3cccc(C(=O)NC4CC4)c3)c2c1. The molecule has 29 heavy (non-hydrogen) atoms. The number of hydrogen-bond acceptors (Lipinski definition) is 4. The quantitative estimate of drug-likeness (QED) is 0.543. The Labute approximate surface area is 168 Å². The Morgan fingerprint density at radius 3 is 2.83 bits per heavy atom. The molecular weight excluding hydrogens is 364 g/mol. The molecule has 0 radical (unpaired) electrons. The predicted octanol–water partition coefficient (Wildman–Crippen LogP) is 3.96. The third-order valence-corrected chi connectivity index (χ3v) is 5.26. The van der Waals surface area contributed by atoms with Crippen molar-refractivity contribution in [2.75, 3.05) is 0 Å². The fraction of sp³-hybridized carbons (Fsp3) is 0.273. The first-order valence-corrected chi connectivity index (χ1v) is 9.89. The molecule has 0 aliphatic heterocycles. The minimum absolute atomic E-state index is 0.0279. The number of hydrogen-bond donors (Lipinski definition) is 2. The van der Waals surface area contributed by atoms with Crippen LogP contribution < -0.4 is 5.32 Å². The first-order valence-electron chi connectivity index (χ1n) is 9.89. The van der Waals surface area contributed by atoms with E-state index in [4.69, 9.17) is 0 Å². The van der Waals surface area contributed by atoms with E-state index in [1.807, 2.05) is 41.0 Å². The van der Waals surface area contributed by atoms with Crippen molar-refractivity contribution in [1.29, 1.82) is 0 Å². The summed E-state index contributed by atoms with van der Waals surface area (Å²) in [4.78, 5) is 12.4. The van der Waals surface area contributed by atoms with Crippen molar-refractivity contribution in [2.24, 2.45) is 0 Å². The number of carbonyl (C=O) groups excluding carboxylic acids is 1. The molecule has 1 aliphatic carbocycles. The monoisotopic (exact) mass is 386 g/mol. The smallest absolute Gasteiger partial charge is 0.251 e. The number of nitrogens with zero attached hydrogens (tertiary/aromatic N) is 4. The summed E-state index contributed by atoms with van der Waals surface area (Å²) >= 11 is 0. The highest BCUT2D eigenvalue weighted by Crippen LogP contribution is 2.31. The van der Waals surface area contributed by atoms with Crippen LogP contribution in [0.15, 0.2) is 48.8 Å². The third kappa shape index (κ3) is 3.29. The van der Waals surface area contributed by atoms with E-state index < -0.39 is 0 Å². The highest BCUT2D eigenvalue weighted by atomic mass is 16.1. The first-order chi connectivity index (χ1) is 14.1. The number of H-pyrrole nitrogens is 1. The molecule has 0 unspecified atom stereocenters. The van der Waals surface area contributed by atoms with Crippen LogP contribution in [0.5, 0.6) is 0 Å². The maximum absolute atomic E-state index is 12.4. The second-order valence-electron chi connectivity index (χ2n) is 7.82. The maximum atomic E-state index is 12.4. The molecule has 1 aliphatic rings. The fourth-order valence-electron chi connectivity index (χ4n) is 3.50. The van der Waals surface area contributed by atoms with E-state index >= 15 is 0 Å². The van der Waals surface area contributed by atoms with Gasteiger partial charge in [0.05, 0.1) is 11.2 Å². The molecule has 7 heteroatoms. The van der Waals surface area contributed by atoms with Crippen molar-refractivity contribution in [3.8, 4) is 22.6 Å². The summed E-state index contributed by atoms with van der Waals surface area (Å²) in [6.45, 7) is 4.21. The van der Waals surface area contributed by atoms with E-state index in [1.54, 1.807) is 6.33 Å². The van der Waals surface area contributed by atoms with Crippen LogP contribution >= 0.6 is 0 Å². The van der Waals surface area contributed by atoms with Gasteiger partial charge in [0, 0.05) is 34.2 Å². The number of carbonyl (C=O) groups is 1. The molecule has 1 amide bonds. The highest BCUT2D eigenvalue weighted by molar-refractivity contribution is 5.99. The number of nitrogens with one attached hydrogen (secondary N) is 2. The summed E-state index contributed by atoms with van der Waals surface area (Å²) in [7, 11) is 0. The van der Waals surface area contributed by atoms with Gasteiger partial charge < -0.3 is 9.88 Å². The lowest BCUT2D eigenvalue weighted by atomic mass is 10.0. The molecule has 0 atom stereocenters. The van der Waals surface area contributed by atoms with Crippen molar-refractivity contribution in [3.63, 3.8) is 0 Å². The molecule has 7 nitrogen and oxygen atoms in total. The lowest BCUT2D eigenvalue weighted by Gasteiger charge is -2.10. The first kappa shape index (κ1) is 17.6. The van der Waals surface area contributed by atoms with E-state index in [9.17, 15) is 4.79 Å². The van der Waals surface area contributed by atoms with Crippen LogP contribution in [-0.2, 0) is 0 Å². The van der Waals surface area contributed by atoms with Gasteiger partial charge in [-0.1, -0.05) is 12.1 Å². The summed E-state index contributed by atoms with van der Waals surface area (Å²) < 4.78 is 2.05. The number of amides is 1. The van der Waals surface area contributed by atoms with Crippen LogP contribution in [0.2, 0.25) is 0 Å². The molecule has 1 saturated carbocycles. The van der Waals surface area contributed by atoms with Gasteiger partial charge in [0.15, 0.2) is 5.82 Å². The lowest BCUT2D eigenvalue weighted by Crippen LogP contribution is -2.25. The Balaban J connectivity index is 1.56. The summed E-state index contributed by atoms with van der Waals surface area (Å²) in [6, 6.07) is 14.3. The zero-order chi connectivity index (χ0) is 20.0. The molecule has 1 fully saturated rings. The van der Waals surface area contributed by atoms with Gasteiger partial charge in [0.2, 0.25) is 0 Å². The largest absolute Gasteiger partial charge is 0.349 e. The molecule has 2 aromatic heterocycles. The van der Waals surface area contributed by atoms with Crippen molar-refractivity contribution in [2.45, 2.75) is 38.8 Å². The molecule has 4 aromatic rings. The molecule has 2 N–H and O–H groups in total. The van der Waals surface area contributed by atoms with Crippen molar-refractivity contribution < 1.29 is 4.79 Å². The Kier molecular flexibility index (Phi) is 4.16. The summed E-state index contributed by atoms with van der Waals surface area (Å²) in [6.07, 6.45) is 3.89. The summed E-state index contributed by atoms with van der Waals surface area (Å²) in [5.41, 5.74) is 4.29. The van der Waals surface area contributed by atoms with Crippen LogP contribution in [0.3, 0.4) is 0 Å². The van der Waals surface area contributed by atoms with Crippen LogP contribution in [0.4, 0.5) is 0 Å². The minimum atomic E-state index is -0.0279. The molecule has 146 valence electrons. The van der Waals surface area contributed by atoms with Gasteiger partial charge in [-0.25, -0.2) is 0 Å². The Bertz CT molecular complexity index is 1200. The number of benzene rings is 2. The van der Waals surface area contributed by atoms with Crippen molar-refractivity contribution >= 4 is 16.8 Å². The van der Waals surface area contributed by atoms with Crippen molar-refractivity contribution in [3.05, 3.63) is 54.4 Å². The number of aromatic nitrogens is 5. The highest BCUT2D eigenvalue weighted by Gasteiger charge is 2.24. The lowest BCUT2D eigenvalue weighted by molar-refractivity contribution is 0.0951. The zero-order valence-corrected chi connectivity index (χ0v) is 16.4. The maximum Gasteiger partial charge on any atom is 0.251 e. The Hall–Kier alpha value is -3.48. The van der Waals surface area contributed by atoms with Gasteiger partial charge in [-0.05, 0) is 57.0 Å². The van der Waals surface area contributed by atoms with Gasteiger partial charge in [0.25, 0.3) is 5.91 Å². The molecule has 2 aromatic carbocycles. The second kappa shape index (κ2) is 6.84. The van der Waals surface area contributed by atoms with Crippen LogP contribution in [0.25, 0.3) is 33.5 Å². The number of rotatable bonds is 5. The zero-order valence-electron chi connectivity index (χ0n) is 16.4. The minimum Gasteiger partial charge on any atom is -0.349 e. The van der Waals surface area contributed by atoms with E-state index in [1.165, 1.54) is 0 Å². The third-order valence-electron chi connectivity index (χ3n) is 5.26. The Morgan fingerprint density at radius 1 is 1.17 bits per heavy atom. The van der Waals surface area contributed by atoms with Crippen LogP contribution in [0, 0.1) is 0 Å². The molecule has 0 bridgehead atoms. The standard InChI is InChI=1S/C22H22N6O/c1-13(2)28-12-23-27-21(28)15-6-9-19-18(11-15)20(26-25-19)14-4-3-5-16(10-14)22(29)24-17-7-8-17/h3-6,9-13,17H,7-8H2,1-2H3,(H,24,29)(H,25,26). The second-order valence-corrected chi connectivity index (χ2v) is 7.82. The molecule has 0 spiro atoms. The van der Waals surface area contributed by atoms with Gasteiger partial charge >= 0.3 is 0 Å². The number of aromatic amines is 1. The number of fused-ring (bicyclic) bond motifs is 1. The van der Waals surface area contributed by atoms with Crippen LogP contribution in [0.1, 0.15) is 43.1 Å². The van der Waals surface area contributed by atoms with E-state index in [2.05, 4.69) is 45.6 Å². The van der Waals surface area contributed by atoms with Gasteiger partial charge in [-0.2, -0.15) is 5.10 Å².